The van der Waals surface area contributed by atoms with Gasteiger partial charge in [-0.3, -0.25) is 9.59 Å². The summed E-state index contributed by atoms with van der Waals surface area (Å²) in [5.74, 6) is -0.0961. The smallest absolute Gasteiger partial charge is 0.275 e. The van der Waals surface area contributed by atoms with Crippen LogP contribution in [0.5, 0.6) is 5.75 Å². The zero-order chi connectivity index (χ0) is 19.9. The summed E-state index contributed by atoms with van der Waals surface area (Å²) in [4.78, 5) is 26.4. The quantitative estimate of drug-likeness (QED) is 0.618. The van der Waals surface area contributed by atoms with Gasteiger partial charge in [-0.25, -0.2) is 5.43 Å². The molecule has 0 atom stereocenters. The molecule has 1 fully saturated rings. The second-order valence-corrected chi connectivity index (χ2v) is 7.05. The van der Waals surface area contributed by atoms with Crippen molar-refractivity contribution in [1.29, 1.82) is 0 Å². The summed E-state index contributed by atoms with van der Waals surface area (Å²) in [6, 6.07) is 16.7. The van der Waals surface area contributed by atoms with Crippen molar-refractivity contribution in [2.24, 2.45) is 5.10 Å². The van der Waals surface area contributed by atoms with Gasteiger partial charge in [-0.15, -0.1) is 0 Å². The highest BCUT2D eigenvalue weighted by atomic mass is 16.3. The van der Waals surface area contributed by atoms with Crippen LogP contribution in [0.2, 0.25) is 0 Å². The Balaban J connectivity index is 1.48. The van der Waals surface area contributed by atoms with Gasteiger partial charge in [0.25, 0.3) is 5.91 Å². The van der Waals surface area contributed by atoms with Crippen LogP contribution in [-0.2, 0) is 4.79 Å². The average molecular weight is 379 g/mol. The maximum absolute atomic E-state index is 12.5. The van der Waals surface area contributed by atoms with Gasteiger partial charge >= 0.3 is 0 Å². The van der Waals surface area contributed by atoms with Crippen molar-refractivity contribution in [3.63, 3.8) is 0 Å². The summed E-state index contributed by atoms with van der Waals surface area (Å²) in [7, 11) is 0. The summed E-state index contributed by atoms with van der Waals surface area (Å²) in [5.41, 5.74) is 4.40. The minimum atomic E-state index is -0.506. The first-order chi connectivity index (χ1) is 13.5. The minimum Gasteiger partial charge on any atom is -0.507 e. The molecule has 2 aromatic carbocycles. The van der Waals surface area contributed by atoms with Crippen LogP contribution in [-0.4, -0.2) is 40.6 Å². The van der Waals surface area contributed by atoms with Crippen molar-refractivity contribution in [3.8, 4) is 5.75 Å². The van der Waals surface area contributed by atoms with E-state index in [0.29, 0.717) is 11.6 Å². The molecule has 6 heteroatoms. The van der Waals surface area contributed by atoms with Gasteiger partial charge in [0.15, 0.2) is 0 Å². The lowest BCUT2D eigenvalue weighted by molar-refractivity contribution is -0.130. The molecule has 2 aromatic rings. The molecule has 146 valence electrons. The lowest BCUT2D eigenvalue weighted by Crippen LogP contribution is -2.38. The van der Waals surface area contributed by atoms with Gasteiger partial charge < -0.3 is 10.0 Å². The highest BCUT2D eigenvalue weighted by Crippen LogP contribution is 2.27. The maximum atomic E-state index is 12.5. The van der Waals surface area contributed by atoms with Crippen LogP contribution in [0.1, 0.15) is 48.0 Å². The van der Waals surface area contributed by atoms with E-state index in [-0.39, 0.29) is 23.6 Å². The molecule has 0 aliphatic carbocycles. The van der Waals surface area contributed by atoms with Gasteiger partial charge in [0.2, 0.25) is 5.91 Å². The lowest BCUT2D eigenvalue weighted by Gasteiger charge is -2.32. The molecule has 28 heavy (non-hydrogen) atoms. The Bertz CT molecular complexity index is 856. The first kappa shape index (κ1) is 19.6. The lowest BCUT2D eigenvalue weighted by atomic mass is 9.89. The number of hydrogen-bond acceptors (Lipinski definition) is 4. The number of piperidine rings is 1. The van der Waals surface area contributed by atoms with E-state index in [4.69, 9.17) is 0 Å². The number of carbonyl (C=O) groups is 2. The molecule has 2 amide bonds. The Hall–Kier alpha value is -3.15. The summed E-state index contributed by atoms with van der Waals surface area (Å²) in [5, 5.41) is 13.7. The Morgan fingerprint density at radius 3 is 2.39 bits per heavy atom. The third-order valence-corrected chi connectivity index (χ3v) is 5.02. The number of benzene rings is 2. The van der Waals surface area contributed by atoms with Crippen LogP contribution in [0.4, 0.5) is 0 Å². The molecule has 0 aromatic heterocycles. The summed E-state index contributed by atoms with van der Waals surface area (Å²) in [6.45, 7) is 3.17. The van der Waals surface area contributed by atoms with E-state index < -0.39 is 5.91 Å². The molecule has 0 bridgehead atoms. The number of para-hydroxylation sites is 1. The predicted molar refractivity (Wildman–Crippen MR) is 108 cm³/mol. The molecule has 6 nitrogen and oxygen atoms in total. The fraction of sp³-hybridized carbons (Fsp3) is 0.318. The van der Waals surface area contributed by atoms with Crippen molar-refractivity contribution in [3.05, 3.63) is 65.7 Å². The number of rotatable bonds is 5. The number of phenols is 1. The topological polar surface area (TPSA) is 82.0 Å². The van der Waals surface area contributed by atoms with Crippen LogP contribution >= 0.6 is 0 Å². The minimum absolute atomic E-state index is 0.0181. The highest BCUT2D eigenvalue weighted by molar-refractivity contribution is 6.01. The molecule has 1 aliphatic rings. The van der Waals surface area contributed by atoms with E-state index in [1.807, 2.05) is 11.0 Å². The number of amides is 2. The summed E-state index contributed by atoms with van der Waals surface area (Å²) >= 11 is 0. The van der Waals surface area contributed by atoms with E-state index in [9.17, 15) is 14.7 Å². The Morgan fingerprint density at radius 1 is 1.07 bits per heavy atom. The van der Waals surface area contributed by atoms with Crippen molar-refractivity contribution in [2.45, 2.75) is 32.1 Å². The standard InChI is InChI=1S/C22H25N3O3/c1-16(23-24-22(28)19-9-5-6-10-20(19)26)15-21(27)25-13-11-18(12-14-25)17-7-3-2-4-8-17/h2-10,18,26H,11-15H2,1H3,(H,24,28). The first-order valence-corrected chi connectivity index (χ1v) is 9.49. The molecular formula is C22H25N3O3. The molecule has 3 rings (SSSR count). The van der Waals surface area contributed by atoms with Gasteiger partial charge in [-0.1, -0.05) is 42.5 Å². The number of likely N-dealkylation sites (tertiary alicyclic amines) is 1. The van der Waals surface area contributed by atoms with Gasteiger partial charge in [-0.05, 0) is 43.4 Å². The average Bonchev–Trinajstić information content (AvgIpc) is 2.73. The van der Waals surface area contributed by atoms with Gasteiger partial charge in [0.05, 0.1) is 12.0 Å². The van der Waals surface area contributed by atoms with Crippen molar-refractivity contribution < 1.29 is 14.7 Å². The first-order valence-electron chi connectivity index (χ1n) is 9.49. The highest BCUT2D eigenvalue weighted by Gasteiger charge is 2.24. The second kappa shape index (κ2) is 9.17. The second-order valence-electron chi connectivity index (χ2n) is 7.05. The summed E-state index contributed by atoms with van der Waals surface area (Å²) in [6.07, 6.45) is 2.07. The maximum Gasteiger partial charge on any atom is 0.275 e. The fourth-order valence-electron chi connectivity index (χ4n) is 3.43. The van der Waals surface area contributed by atoms with Gasteiger partial charge in [0.1, 0.15) is 5.75 Å². The molecule has 2 N–H and O–H groups in total. The predicted octanol–water partition coefficient (Wildman–Crippen LogP) is 3.29. The van der Waals surface area contributed by atoms with Crippen LogP contribution in [0.3, 0.4) is 0 Å². The number of hydrogen-bond donors (Lipinski definition) is 2. The van der Waals surface area contributed by atoms with Crippen molar-refractivity contribution in [1.82, 2.24) is 10.3 Å². The zero-order valence-corrected chi connectivity index (χ0v) is 16.0. The van der Waals surface area contributed by atoms with Crippen molar-refractivity contribution in [2.75, 3.05) is 13.1 Å². The number of nitrogens with zero attached hydrogens (tertiary/aromatic N) is 2. The summed E-state index contributed by atoms with van der Waals surface area (Å²) < 4.78 is 0. The van der Waals surface area contributed by atoms with E-state index in [2.05, 4.69) is 34.8 Å². The van der Waals surface area contributed by atoms with Crippen LogP contribution < -0.4 is 5.43 Å². The third-order valence-electron chi connectivity index (χ3n) is 5.02. The Labute approximate surface area is 164 Å². The normalized spacial score (nSPS) is 15.3. The molecule has 0 radical (unpaired) electrons. The number of hydrazone groups is 1. The van der Waals surface area contributed by atoms with Crippen LogP contribution in [0.15, 0.2) is 59.7 Å². The number of phenolic OH excluding ortho intramolecular Hbond substituents is 1. The molecule has 0 saturated carbocycles. The van der Waals surface area contributed by atoms with Gasteiger partial charge in [0, 0.05) is 18.8 Å². The zero-order valence-electron chi connectivity index (χ0n) is 16.0. The molecule has 1 aliphatic heterocycles. The SMILES string of the molecule is CC(CC(=O)N1CCC(c2ccccc2)CC1)=NNC(=O)c1ccccc1O. The van der Waals surface area contributed by atoms with E-state index in [1.165, 1.54) is 17.7 Å². The van der Waals surface area contributed by atoms with Gasteiger partial charge in [-0.2, -0.15) is 5.10 Å². The number of carbonyl (C=O) groups excluding carboxylic acids is 2. The molecule has 1 saturated heterocycles. The molecular weight excluding hydrogens is 354 g/mol. The van der Waals surface area contributed by atoms with Crippen LogP contribution in [0, 0.1) is 0 Å². The monoisotopic (exact) mass is 379 g/mol. The molecule has 0 unspecified atom stereocenters. The molecule has 0 spiro atoms. The van der Waals surface area contributed by atoms with Crippen molar-refractivity contribution >= 4 is 17.5 Å². The number of aromatic hydroxyl groups is 1. The van der Waals surface area contributed by atoms with E-state index in [0.717, 1.165) is 25.9 Å². The molecule has 1 heterocycles. The fourth-order valence-corrected chi connectivity index (χ4v) is 3.43. The number of nitrogens with one attached hydrogen (secondary N) is 1. The van der Waals surface area contributed by atoms with Crippen LogP contribution in [0.25, 0.3) is 0 Å². The Morgan fingerprint density at radius 2 is 1.71 bits per heavy atom. The Kier molecular flexibility index (Phi) is 6.42. The van der Waals surface area contributed by atoms with E-state index >= 15 is 0 Å². The largest absolute Gasteiger partial charge is 0.507 e. The third kappa shape index (κ3) is 4.97. The van der Waals surface area contributed by atoms with E-state index in [1.54, 1.807) is 19.1 Å².